The summed E-state index contributed by atoms with van der Waals surface area (Å²) >= 11 is 17.3. The number of alkyl halides is 9. The zero-order chi connectivity index (χ0) is 31.8. The molecule has 18 heteroatoms. The molecule has 0 saturated heterocycles. The van der Waals surface area contributed by atoms with Crippen molar-refractivity contribution >= 4 is 52.5 Å². The molecular weight excluding hydrogens is 657 g/mol. The van der Waals surface area contributed by atoms with Crippen LogP contribution in [0.3, 0.4) is 0 Å². The van der Waals surface area contributed by atoms with Gasteiger partial charge in [-0.3, -0.25) is 15.2 Å². The van der Waals surface area contributed by atoms with Crippen LogP contribution in [0.15, 0.2) is 48.7 Å². The van der Waals surface area contributed by atoms with E-state index in [1.165, 1.54) is 0 Å². The van der Waals surface area contributed by atoms with E-state index in [4.69, 9.17) is 34.8 Å². The Hall–Kier alpha value is -3.30. The van der Waals surface area contributed by atoms with Crippen LogP contribution in [0.2, 0.25) is 15.1 Å². The third-order valence-electron chi connectivity index (χ3n) is 5.38. The van der Waals surface area contributed by atoms with Crippen molar-refractivity contribution in [2.45, 2.75) is 24.4 Å². The average Bonchev–Trinajstić information content (AvgIpc) is 2.88. The number of anilines is 1. The number of benzene rings is 2. The van der Waals surface area contributed by atoms with Crippen molar-refractivity contribution in [2.24, 2.45) is 0 Å². The second-order valence-corrected chi connectivity index (χ2v) is 9.52. The number of aromatic nitrogens is 2. The second-order valence-electron chi connectivity index (χ2n) is 8.33. The standard InChI is InChI=1S/C24H13Cl3F10N4O/c1-41(21-38-5-4-18(39-21)24(35,36)37)40-20(42)12-3-2-10(6-14(12)23(32,33)34)17(28)9-13(22(29,30)31)11-7-15(25)19(27)16(26)8-11/h2-9,13H,1H3,(H,40,42)/b17-9-. The quantitative estimate of drug-likeness (QED) is 0.162. The van der Waals surface area contributed by atoms with E-state index in [0.29, 0.717) is 29.4 Å². The van der Waals surface area contributed by atoms with E-state index in [1.807, 2.05) is 5.43 Å². The van der Waals surface area contributed by atoms with E-state index in [2.05, 4.69) is 9.97 Å². The fraction of sp³-hybridized carbons (Fsp3) is 0.208. The van der Waals surface area contributed by atoms with Gasteiger partial charge in [-0.25, -0.2) is 14.4 Å². The minimum atomic E-state index is -5.32. The fourth-order valence-corrected chi connectivity index (χ4v) is 4.05. The van der Waals surface area contributed by atoms with Crippen LogP contribution in [0, 0.1) is 0 Å². The van der Waals surface area contributed by atoms with E-state index in [0.717, 1.165) is 19.2 Å². The zero-order valence-electron chi connectivity index (χ0n) is 20.4. The Morgan fingerprint density at radius 3 is 2.05 bits per heavy atom. The van der Waals surface area contributed by atoms with E-state index in [9.17, 15) is 44.3 Å². The number of nitrogens with one attached hydrogen (secondary N) is 1. The maximum absolute atomic E-state index is 15.0. The molecule has 5 nitrogen and oxygen atoms in total. The van der Waals surface area contributed by atoms with Gasteiger partial charge in [0.25, 0.3) is 5.91 Å². The highest BCUT2D eigenvalue weighted by Crippen LogP contribution is 2.43. The van der Waals surface area contributed by atoms with Gasteiger partial charge in [-0.2, -0.15) is 39.5 Å². The molecule has 0 aliphatic heterocycles. The number of hydrogen-bond donors (Lipinski definition) is 1. The van der Waals surface area contributed by atoms with Crippen molar-refractivity contribution < 1.29 is 48.7 Å². The second kappa shape index (κ2) is 12.1. The Labute approximate surface area is 244 Å². The van der Waals surface area contributed by atoms with Crippen molar-refractivity contribution in [1.29, 1.82) is 0 Å². The van der Waals surface area contributed by atoms with Gasteiger partial charge in [0.15, 0.2) is 0 Å². The molecule has 0 spiro atoms. The number of allylic oxidation sites excluding steroid dienone is 1. The summed E-state index contributed by atoms with van der Waals surface area (Å²) in [5, 5.41) is -0.557. The summed E-state index contributed by atoms with van der Waals surface area (Å²) in [6, 6.07) is 3.21. The Balaban J connectivity index is 1.99. The van der Waals surface area contributed by atoms with Crippen molar-refractivity contribution in [1.82, 2.24) is 15.4 Å². The van der Waals surface area contributed by atoms with Crippen LogP contribution >= 0.6 is 34.8 Å². The smallest absolute Gasteiger partial charge is 0.267 e. The zero-order valence-corrected chi connectivity index (χ0v) is 22.6. The minimum Gasteiger partial charge on any atom is -0.267 e. The van der Waals surface area contributed by atoms with E-state index in [1.54, 1.807) is 0 Å². The third kappa shape index (κ3) is 7.75. The molecule has 3 rings (SSSR count). The summed E-state index contributed by atoms with van der Waals surface area (Å²) < 4.78 is 137. The first-order chi connectivity index (χ1) is 19.2. The van der Waals surface area contributed by atoms with Gasteiger partial charge < -0.3 is 0 Å². The SMILES string of the molecule is CN(NC(=O)c1ccc(/C(F)=C/C(c2cc(Cl)c(Cl)c(Cl)c2)C(F)(F)F)cc1C(F)(F)F)c1nccc(C(F)(F)F)n1. The molecule has 1 unspecified atom stereocenters. The van der Waals surface area contributed by atoms with Crippen LogP contribution in [0.5, 0.6) is 0 Å². The first kappa shape index (κ1) is 33.2. The van der Waals surface area contributed by atoms with E-state index < -0.39 is 80.1 Å². The number of halogens is 13. The van der Waals surface area contributed by atoms with Crippen LogP contribution in [-0.2, 0) is 12.4 Å². The van der Waals surface area contributed by atoms with Crippen LogP contribution in [-0.4, -0.2) is 29.1 Å². The number of amides is 1. The van der Waals surface area contributed by atoms with Gasteiger partial charge in [0.2, 0.25) is 5.95 Å². The van der Waals surface area contributed by atoms with Crippen molar-refractivity contribution in [2.75, 3.05) is 12.1 Å². The average molecular weight is 670 g/mol. The summed E-state index contributed by atoms with van der Waals surface area (Å²) in [7, 11) is 0.935. The van der Waals surface area contributed by atoms with Gasteiger partial charge in [0.05, 0.1) is 26.2 Å². The first-order valence-corrected chi connectivity index (χ1v) is 12.1. The summed E-state index contributed by atoms with van der Waals surface area (Å²) in [5.41, 5.74) is -4.10. The van der Waals surface area contributed by atoms with E-state index >= 15 is 4.39 Å². The maximum atomic E-state index is 15.0. The summed E-state index contributed by atoms with van der Waals surface area (Å²) in [5.74, 6) is -6.73. The molecule has 0 aliphatic rings. The normalized spacial score (nSPS) is 13.6. The molecule has 0 radical (unpaired) electrons. The summed E-state index contributed by atoms with van der Waals surface area (Å²) in [4.78, 5) is 19.3. The predicted molar refractivity (Wildman–Crippen MR) is 134 cm³/mol. The molecule has 1 amide bonds. The molecule has 1 N–H and O–H groups in total. The minimum absolute atomic E-state index is 0.0100. The van der Waals surface area contributed by atoms with Crippen LogP contribution in [0.1, 0.15) is 38.7 Å². The number of carbonyl (C=O) groups excluding carboxylic acids is 1. The molecule has 1 heterocycles. The summed E-state index contributed by atoms with van der Waals surface area (Å²) in [6.45, 7) is 0. The molecule has 0 saturated carbocycles. The van der Waals surface area contributed by atoms with Crippen LogP contribution in [0.25, 0.3) is 5.83 Å². The highest BCUT2D eigenvalue weighted by molar-refractivity contribution is 6.48. The molecule has 3 aromatic rings. The first-order valence-electron chi connectivity index (χ1n) is 10.9. The summed E-state index contributed by atoms with van der Waals surface area (Å²) in [6.07, 6.45) is -14.7. The molecule has 0 fully saturated rings. The molecular formula is C24H13Cl3F10N4O. The highest BCUT2D eigenvalue weighted by atomic mass is 35.5. The number of carbonyl (C=O) groups is 1. The van der Waals surface area contributed by atoms with Gasteiger partial charge in [0, 0.05) is 18.8 Å². The maximum Gasteiger partial charge on any atom is 0.433 e. The Morgan fingerprint density at radius 2 is 1.52 bits per heavy atom. The Bertz CT molecular complexity index is 1500. The van der Waals surface area contributed by atoms with Crippen molar-refractivity contribution in [3.8, 4) is 0 Å². The van der Waals surface area contributed by atoms with Gasteiger partial charge in [-0.15, -0.1) is 0 Å². The Kier molecular flexibility index (Phi) is 9.59. The molecule has 226 valence electrons. The van der Waals surface area contributed by atoms with Crippen LogP contribution in [0.4, 0.5) is 49.9 Å². The molecule has 2 aromatic carbocycles. The lowest BCUT2D eigenvalue weighted by Gasteiger charge is -2.21. The van der Waals surface area contributed by atoms with Gasteiger partial charge in [-0.1, -0.05) is 40.9 Å². The molecule has 1 atom stereocenters. The molecule has 1 aromatic heterocycles. The number of hydrazine groups is 1. The monoisotopic (exact) mass is 668 g/mol. The lowest BCUT2D eigenvalue weighted by atomic mass is 9.95. The Morgan fingerprint density at radius 1 is 0.929 bits per heavy atom. The molecule has 0 aliphatic carbocycles. The third-order valence-corrected chi connectivity index (χ3v) is 6.58. The molecule has 0 bridgehead atoms. The number of hydrogen-bond acceptors (Lipinski definition) is 4. The predicted octanol–water partition coefficient (Wildman–Crippen LogP) is 8.91. The van der Waals surface area contributed by atoms with Crippen LogP contribution < -0.4 is 10.4 Å². The topological polar surface area (TPSA) is 58.1 Å². The lowest BCUT2D eigenvalue weighted by molar-refractivity contribution is -0.141. The van der Waals surface area contributed by atoms with Gasteiger partial charge >= 0.3 is 18.5 Å². The van der Waals surface area contributed by atoms with E-state index in [-0.39, 0.29) is 17.2 Å². The largest absolute Gasteiger partial charge is 0.433 e. The highest BCUT2D eigenvalue weighted by Gasteiger charge is 2.41. The van der Waals surface area contributed by atoms with Gasteiger partial charge in [0.1, 0.15) is 17.4 Å². The van der Waals surface area contributed by atoms with Gasteiger partial charge in [-0.05, 0) is 42.0 Å². The number of nitrogens with zero attached hydrogens (tertiary/aromatic N) is 3. The molecule has 42 heavy (non-hydrogen) atoms. The van der Waals surface area contributed by atoms with Crippen molar-refractivity contribution in [3.05, 3.63) is 91.7 Å². The van der Waals surface area contributed by atoms with Crippen molar-refractivity contribution in [3.63, 3.8) is 0 Å². The fourth-order valence-electron chi connectivity index (χ4n) is 3.43. The lowest BCUT2D eigenvalue weighted by Crippen LogP contribution is -2.41. The number of rotatable bonds is 6.